The summed E-state index contributed by atoms with van der Waals surface area (Å²) in [5.74, 6) is 0. The number of nitro groups is 1. The molecule has 1 aromatic carbocycles. The van der Waals surface area contributed by atoms with E-state index in [0.717, 1.165) is 10.0 Å². The van der Waals surface area contributed by atoms with Gasteiger partial charge < -0.3 is 5.32 Å². The summed E-state index contributed by atoms with van der Waals surface area (Å²) < 4.78 is 0.754. The maximum atomic E-state index is 10.8. The molecule has 1 saturated carbocycles. The van der Waals surface area contributed by atoms with E-state index in [9.17, 15) is 10.1 Å². The summed E-state index contributed by atoms with van der Waals surface area (Å²) in [7, 11) is 0. The third kappa shape index (κ3) is 3.54. The first kappa shape index (κ1) is 14.5. The second-order valence-corrected chi connectivity index (χ2v) is 6.80. The standard InChI is InChI=1S/C14H19BrN2O2/c1-14(2)5-3-4-13(14)16-9-10-6-11(15)8-12(7-10)17(18)19/h6-8,13,16H,3-5,9H2,1-2H3. The van der Waals surface area contributed by atoms with Gasteiger partial charge in [0, 0.05) is 29.2 Å². The second kappa shape index (κ2) is 5.59. The maximum Gasteiger partial charge on any atom is 0.270 e. The van der Waals surface area contributed by atoms with Crippen LogP contribution >= 0.6 is 15.9 Å². The van der Waals surface area contributed by atoms with Gasteiger partial charge in [-0.15, -0.1) is 0 Å². The first-order valence-corrected chi connectivity index (χ1v) is 7.35. The zero-order chi connectivity index (χ0) is 14.0. The van der Waals surface area contributed by atoms with Crippen molar-refractivity contribution in [2.75, 3.05) is 0 Å². The fourth-order valence-corrected chi connectivity index (χ4v) is 3.32. The van der Waals surface area contributed by atoms with Gasteiger partial charge in [-0.2, -0.15) is 0 Å². The highest BCUT2D eigenvalue weighted by Crippen LogP contribution is 2.37. The molecule has 0 amide bonds. The molecule has 1 N–H and O–H groups in total. The quantitative estimate of drug-likeness (QED) is 0.671. The lowest BCUT2D eigenvalue weighted by molar-refractivity contribution is -0.385. The fourth-order valence-electron chi connectivity index (χ4n) is 2.79. The van der Waals surface area contributed by atoms with Crippen molar-refractivity contribution in [2.45, 2.75) is 45.7 Å². The zero-order valence-electron chi connectivity index (χ0n) is 11.3. The predicted molar refractivity (Wildman–Crippen MR) is 79.1 cm³/mol. The summed E-state index contributed by atoms with van der Waals surface area (Å²) in [6, 6.07) is 5.59. The molecule has 104 valence electrons. The summed E-state index contributed by atoms with van der Waals surface area (Å²) >= 11 is 3.33. The molecule has 0 aliphatic heterocycles. The molecule has 0 aromatic heterocycles. The number of halogens is 1. The topological polar surface area (TPSA) is 55.2 Å². The van der Waals surface area contributed by atoms with Crippen molar-refractivity contribution in [3.63, 3.8) is 0 Å². The Kier molecular flexibility index (Phi) is 4.26. The van der Waals surface area contributed by atoms with Crippen LogP contribution in [-0.2, 0) is 6.54 Å². The van der Waals surface area contributed by atoms with E-state index in [4.69, 9.17) is 0 Å². The number of nitro benzene ring substituents is 1. The van der Waals surface area contributed by atoms with Gasteiger partial charge in [-0.3, -0.25) is 10.1 Å². The van der Waals surface area contributed by atoms with E-state index in [2.05, 4.69) is 35.1 Å². The van der Waals surface area contributed by atoms with Crippen molar-refractivity contribution in [1.29, 1.82) is 0 Å². The second-order valence-electron chi connectivity index (χ2n) is 5.89. The van der Waals surface area contributed by atoms with Gasteiger partial charge >= 0.3 is 0 Å². The molecule has 1 aliphatic rings. The molecular formula is C14H19BrN2O2. The SMILES string of the molecule is CC1(C)CCCC1NCc1cc(Br)cc([N+](=O)[O-])c1. The minimum atomic E-state index is -0.353. The fraction of sp³-hybridized carbons (Fsp3) is 0.571. The van der Waals surface area contributed by atoms with Crippen molar-refractivity contribution < 1.29 is 4.92 Å². The van der Waals surface area contributed by atoms with Gasteiger partial charge in [0.1, 0.15) is 0 Å². The number of hydrogen-bond acceptors (Lipinski definition) is 3. The van der Waals surface area contributed by atoms with Crippen molar-refractivity contribution in [3.8, 4) is 0 Å². The Morgan fingerprint density at radius 2 is 2.21 bits per heavy atom. The Morgan fingerprint density at radius 3 is 2.79 bits per heavy atom. The van der Waals surface area contributed by atoms with E-state index >= 15 is 0 Å². The summed E-state index contributed by atoms with van der Waals surface area (Å²) in [4.78, 5) is 10.5. The summed E-state index contributed by atoms with van der Waals surface area (Å²) in [6.45, 7) is 5.23. The summed E-state index contributed by atoms with van der Waals surface area (Å²) in [6.07, 6.45) is 3.68. The number of nitrogens with zero attached hydrogens (tertiary/aromatic N) is 1. The highest BCUT2D eigenvalue weighted by atomic mass is 79.9. The van der Waals surface area contributed by atoms with E-state index in [-0.39, 0.29) is 10.6 Å². The summed E-state index contributed by atoms with van der Waals surface area (Å²) in [5, 5.41) is 14.4. The average Bonchev–Trinajstić information content (AvgIpc) is 2.65. The molecule has 1 atom stereocenters. The monoisotopic (exact) mass is 326 g/mol. The Hall–Kier alpha value is -0.940. The molecule has 1 aliphatic carbocycles. The summed E-state index contributed by atoms with van der Waals surface area (Å²) in [5.41, 5.74) is 1.40. The molecule has 2 rings (SSSR count). The molecule has 0 saturated heterocycles. The van der Waals surface area contributed by atoms with E-state index in [0.29, 0.717) is 18.0 Å². The largest absolute Gasteiger partial charge is 0.309 e. The zero-order valence-corrected chi connectivity index (χ0v) is 12.9. The average molecular weight is 327 g/mol. The molecular weight excluding hydrogens is 308 g/mol. The van der Waals surface area contributed by atoms with Crippen LogP contribution in [0.1, 0.15) is 38.7 Å². The molecule has 4 nitrogen and oxygen atoms in total. The van der Waals surface area contributed by atoms with Crippen LogP contribution in [0, 0.1) is 15.5 Å². The molecule has 19 heavy (non-hydrogen) atoms. The van der Waals surface area contributed by atoms with E-state index in [1.54, 1.807) is 6.07 Å². The van der Waals surface area contributed by atoms with Gasteiger partial charge in [0.05, 0.1) is 4.92 Å². The predicted octanol–water partition coefficient (Wildman–Crippen LogP) is 4.03. The van der Waals surface area contributed by atoms with Gasteiger partial charge in [0.25, 0.3) is 5.69 Å². The van der Waals surface area contributed by atoms with Gasteiger partial charge in [-0.1, -0.05) is 36.2 Å². The van der Waals surface area contributed by atoms with Crippen LogP contribution in [0.15, 0.2) is 22.7 Å². The Balaban J connectivity index is 2.05. The smallest absolute Gasteiger partial charge is 0.270 e. The first-order valence-electron chi connectivity index (χ1n) is 6.56. The minimum absolute atomic E-state index is 0.136. The van der Waals surface area contributed by atoms with E-state index in [1.165, 1.54) is 25.3 Å². The number of rotatable bonds is 4. The van der Waals surface area contributed by atoms with Crippen LogP contribution in [0.2, 0.25) is 0 Å². The molecule has 1 unspecified atom stereocenters. The van der Waals surface area contributed by atoms with Crippen LogP contribution < -0.4 is 5.32 Å². The van der Waals surface area contributed by atoms with E-state index < -0.39 is 0 Å². The number of hydrogen-bond donors (Lipinski definition) is 1. The van der Waals surface area contributed by atoms with Crippen molar-refractivity contribution >= 4 is 21.6 Å². The molecule has 1 fully saturated rings. The van der Waals surface area contributed by atoms with Crippen LogP contribution in [0.3, 0.4) is 0 Å². The Morgan fingerprint density at radius 1 is 1.47 bits per heavy atom. The molecule has 0 spiro atoms. The van der Waals surface area contributed by atoms with Crippen LogP contribution in [0.25, 0.3) is 0 Å². The first-order chi connectivity index (χ1) is 8.88. The number of benzene rings is 1. The van der Waals surface area contributed by atoms with Crippen LogP contribution in [-0.4, -0.2) is 11.0 Å². The Bertz CT molecular complexity index is 488. The molecule has 0 radical (unpaired) electrons. The number of nitrogens with one attached hydrogen (secondary N) is 1. The van der Waals surface area contributed by atoms with Crippen molar-refractivity contribution in [1.82, 2.24) is 5.32 Å². The molecule has 0 heterocycles. The molecule has 5 heteroatoms. The maximum absolute atomic E-state index is 10.8. The highest BCUT2D eigenvalue weighted by Gasteiger charge is 2.33. The normalized spacial score (nSPS) is 21.5. The number of non-ortho nitro benzene ring substituents is 1. The third-order valence-corrected chi connectivity index (χ3v) is 4.42. The van der Waals surface area contributed by atoms with Crippen molar-refractivity contribution in [3.05, 3.63) is 38.3 Å². The van der Waals surface area contributed by atoms with Crippen LogP contribution in [0.5, 0.6) is 0 Å². The lowest BCUT2D eigenvalue weighted by Crippen LogP contribution is -2.37. The van der Waals surface area contributed by atoms with Gasteiger partial charge in [-0.25, -0.2) is 0 Å². The van der Waals surface area contributed by atoms with Gasteiger partial charge in [0.2, 0.25) is 0 Å². The highest BCUT2D eigenvalue weighted by molar-refractivity contribution is 9.10. The van der Waals surface area contributed by atoms with E-state index in [1.807, 2.05) is 6.07 Å². The van der Waals surface area contributed by atoms with Gasteiger partial charge in [-0.05, 0) is 29.9 Å². The van der Waals surface area contributed by atoms with Crippen molar-refractivity contribution in [2.24, 2.45) is 5.41 Å². The third-order valence-electron chi connectivity index (χ3n) is 3.96. The molecule has 1 aromatic rings. The lowest BCUT2D eigenvalue weighted by atomic mass is 9.87. The lowest BCUT2D eigenvalue weighted by Gasteiger charge is -2.28. The van der Waals surface area contributed by atoms with Crippen LogP contribution in [0.4, 0.5) is 5.69 Å². The molecule has 0 bridgehead atoms. The van der Waals surface area contributed by atoms with Gasteiger partial charge in [0.15, 0.2) is 0 Å². The Labute approximate surface area is 121 Å². The minimum Gasteiger partial charge on any atom is -0.309 e.